The average Bonchev–Trinajstić information content (AvgIpc) is 2.37. The molecule has 0 radical (unpaired) electrons. The quantitative estimate of drug-likeness (QED) is 0.339. The van der Waals surface area contributed by atoms with Crippen molar-refractivity contribution < 1.29 is 34.8 Å². The van der Waals surface area contributed by atoms with E-state index in [0.29, 0.717) is 5.56 Å². The molecule has 0 aliphatic carbocycles. The van der Waals surface area contributed by atoms with Crippen molar-refractivity contribution >= 4 is 18.0 Å². The number of rotatable bonds is 5. The zero-order valence-corrected chi connectivity index (χ0v) is 9.68. The lowest BCUT2D eigenvalue weighted by atomic mass is 10.2. The molecule has 0 spiro atoms. The van der Waals surface area contributed by atoms with E-state index in [1.54, 1.807) is 0 Å². The number of carbonyl (C=O) groups excluding carboxylic acids is 1. The van der Waals surface area contributed by atoms with Gasteiger partial charge in [0.15, 0.2) is 11.5 Å². The summed E-state index contributed by atoms with van der Waals surface area (Å²) in [5.74, 6) is -3.05. The Morgan fingerprint density at radius 1 is 1.26 bits per heavy atom. The van der Waals surface area contributed by atoms with Gasteiger partial charge in [-0.05, 0) is 23.8 Å². The lowest BCUT2D eigenvalue weighted by Gasteiger charge is -2.08. The number of aliphatic hydroxyl groups is 1. The Labute approximate surface area is 108 Å². The van der Waals surface area contributed by atoms with Gasteiger partial charge in [-0.15, -0.1) is 0 Å². The molecule has 0 saturated carbocycles. The molecule has 4 N–H and O–H groups in total. The van der Waals surface area contributed by atoms with Crippen LogP contribution in [0.4, 0.5) is 0 Å². The van der Waals surface area contributed by atoms with Crippen LogP contribution in [0.3, 0.4) is 0 Å². The van der Waals surface area contributed by atoms with Crippen LogP contribution in [0, 0.1) is 0 Å². The number of ether oxygens (including phenoxy) is 1. The lowest BCUT2D eigenvalue weighted by molar-refractivity contribution is -0.163. The van der Waals surface area contributed by atoms with Crippen molar-refractivity contribution in [2.24, 2.45) is 0 Å². The maximum atomic E-state index is 11.2. The van der Waals surface area contributed by atoms with Gasteiger partial charge in [0.1, 0.15) is 0 Å². The van der Waals surface area contributed by atoms with Crippen LogP contribution in [-0.2, 0) is 14.3 Å². The van der Waals surface area contributed by atoms with Gasteiger partial charge in [0.2, 0.25) is 6.10 Å². The Hall–Kier alpha value is -2.54. The van der Waals surface area contributed by atoms with E-state index in [1.807, 2.05) is 0 Å². The Bertz CT molecular complexity index is 507. The van der Waals surface area contributed by atoms with Crippen LogP contribution in [0.25, 0.3) is 6.08 Å². The molecule has 0 bridgehead atoms. The molecule has 0 saturated heterocycles. The summed E-state index contributed by atoms with van der Waals surface area (Å²) in [6.07, 6.45) is 0.584. The number of phenolic OH excluding ortho intramolecular Hbond substituents is 2. The van der Waals surface area contributed by atoms with E-state index in [4.69, 9.17) is 15.3 Å². The highest BCUT2D eigenvalue weighted by Gasteiger charge is 2.19. The van der Waals surface area contributed by atoms with Crippen molar-refractivity contribution in [3.05, 3.63) is 29.8 Å². The number of esters is 1. The second kappa shape index (κ2) is 6.41. The second-order valence-corrected chi connectivity index (χ2v) is 3.53. The molecule has 0 aliphatic heterocycles. The summed E-state index contributed by atoms with van der Waals surface area (Å²) < 4.78 is 4.45. The van der Waals surface area contributed by atoms with Crippen LogP contribution >= 0.6 is 0 Å². The van der Waals surface area contributed by atoms with Gasteiger partial charge in [-0.3, -0.25) is 0 Å². The van der Waals surface area contributed by atoms with E-state index in [-0.39, 0.29) is 11.5 Å². The highest BCUT2D eigenvalue weighted by molar-refractivity contribution is 5.89. The Balaban J connectivity index is 2.68. The fraction of sp³-hybridized carbons (Fsp3) is 0.167. The Morgan fingerprint density at radius 2 is 1.95 bits per heavy atom. The van der Waals surface area contributed by atoms with E-state index in [9.17, 15) is 14.7 Å². The number of carboxylic acid groups (broad SMARTS) is 1. The highest BCUT2D eigenvalue weighted by Crippen LogP contribution is 2.25. The van der Waals surface area contributed by atoms with E-state index in [1.165, 1.54) is 24.3 Å². The van der Waals surface area contributed by atoms with Crippen LogP contribution < -0.4 is 0 Å². The van der Waals surface area contributed by atoms with Crippen LogP contribution in [0.5, 0.6) is 11.5 Å². The lowest BCUT2D eigenvalue weighted by Crippen LogP contribution is -2.29. The van der Waals surface area contributed by atoms with Gasteiger partial charge in [0.05, 0.1) is 6.61 Å². The topological polar surface area (TPSA) is 124 Å². The Morgan fingerprint density at radius 3 is 2.47 bits per heavy atom. The molecule has 0 amide bonds. The summed E-state index contributed by atoms with van der Waals surface area (Å²) >= 11 is 0. The average molecular weight is 268 g/mol. The largest absolute Gasteiger partial charge is 0.504 e. The van der Waals surface area contributed by atoms with Crippen LogP contribution in [0.15, 0.2) is 24.3 Å². The van der Waals surface area contributed by atoms with Gasteiger partial charge in [-0.25, -0.2) is 9.59 Å². The van der Waals surface area contributed by atoms with Crippen molar-refractivity contribution in [3.63, 3.8) is 0 Å². The standard InChI is InChI=1S/C12H12O7/c13-6-10(12(17)18)19-11(16)4-2-7-1-3-8(14)9(15)5-7/h1-5,10,13-15H,6H2,(H,17,18)/b4-2+. The van der Waals surface area contributed by atoms with E-state index >= 15 is 0 Å². The van der Waals surface area contributed by atoms with Gasteiger partial charge in [0, 0.05) is 6.08 Å². The Kier molecular flexibility index (Phi) is 4.90. The number of aliphatic hydroxyl groups excluding tert-OH is 1. The molecule has 0 aromatic heterocycles. The smallest absolute Gasteiger partial charge is 0.347 e. The molecule has 0 aliphatic rings. The maximum Gasteiger partial charge on any atom is 0.347 e. The third-order valence-corrected chi connectivity index (χ3v) is 2.11. The molecule has 19 heavy (non-hydrogen) atoms. The van der Waals surface area contributed by atoms with E-state index in [0.717, 1.165) is 6.08 Å². The van der Waals surface area contributed by atoms with Crippen LogP contribution in [0.1, 0.15) is 5.56 Å². The molecule has 1 unspecified atom stereocenters. The molecule has 1 aromatic rings. The number of aromatic hydroxyl groups is 2. The molecule has 7 heteroatoms. The molecule has 1 atom stereocenters. The first-order valence-corrected chi connectivity index (χ1v) is 5.18. The molecule has 102 valence electrons. The monoisotopic (exact) mass is 268 g/mol. The number of benzene rings is 1. The second-order valence-electron chi connectivity index (χ2n) is 3.53. The molecule has 0 fully saturated rings. The third kappa shape index (κ3) is 4.32. The number of hydrogen-bond acceptors (Lipinski definition) is 6. The zero-order valence-electron chi connectivity index (χ0n) is 9.68. The SMILES string of the molecule is O=C(/C=C/c1ccc(O)c(O)c1)OC(CO)C(=O)O. The predicted molar refractivity (Wildman–Crippen MR) is 63.4 cm³/mol. The number of hydrogen-bond donors (Lipinski definition) is 4. The first-order valence-electron chi connectivity index (χ1n) is 5.18. The first-order chi connectivity index (χ1) is 8.93. The van der Waals surface area contributed by atoms with Gasteiger partial charge in [-0.1, -0.05) is 6.07 Å². The molecule has 1 aromatic carbocycles. The normalized spacial score (nSPS) is 12.3. The van der Waals surface area contributed by atoms with Crippen molar-refractivity contribution in [1.29, 1.82) is 0 Å². The van der Waals surface area contributed by atoms with Crippen molar-refractivity contribution in [1.82, 2.24) is 0 Å². The van der Waals surface area contributed by atoms with Crippen LogP contribution in [0.2, 0.25) is 0 Å². The minimum absolute atomic E-state index is 0.300. The molecule has 1 rings (SSSR count). The molecular formula is C12H12O7. The maximum absolute atomic E-state index is 11.2. The number of phenols is 2. The summed E-state index contributed by atoms with van der Waals surface area (Å²) in [4.78, 5) is 21.7. The van der Waals surface area contributed by atoms with Crippen molar-refractivity contribution in [3.8, 4) is 11.5 Å². The third-order valence-electron chi connectivity index (χ3n) is 2.11. The van der Waals surface area contributed by atoms with E-state index < -0.39 is 24.6 Å². The minimum Gasteiger partial charge on any atom is -0.504 e. The molecular weight excluding hydrogens is 256 g/mol. The summed E-state index contributed by atoms with van der Waals surface area (Å²) in [5.41, 5.74) is 0.406. The zero-order chi connectivity index (χ0) is 14.4. The first kappa shape index (κ1) is 14.5. The molecule has 0 heterocycles. The highest BCUT2D eigenvalue weighted by atomic mass is 16.6. The summed E-state index contributed by atoms with van der Waals surface area (Å²) in [6, 6.07) is 3.87. The van der Waals surface area contributed by atoms with Gasteiger partial charge in [-0.2, -0.15) is 0 Å². The fourth-order valence-electron chi connectivity index (χ4n) is 1.15. The van der Waals surface area contributed by atoms with Crippen molar-refractivity contribution in [2.75, 3.05) is 6.61 Å². The van der Waals surface area contributed by atoms with Gasteiger partial charge in [0.25, 0.3) is 0 Å². The number of carbonyl (C=O) groups is 2. The number of carboxylic acids is 1. The predicted octanol–water partition coefficient (Wildman–Crippen LogP) is 0.0997. The summed E-state index contributed by atoms with van der Waals surface area (Å²) in [6.45, 7) is -0.824. The van der Waals surface area contributed by atoms with Crippen molar-refractivity contribution in [2.45, 2.75) is 6.10 Å². The van der Waals surface area contributed by atoms with Crippen LogP contribution in [-0.4, -0.2) is 45.1 Å². The summed E-state index contributed by atoms with van der Waals surface area (Å²) in [7, 11) is 0. The number of aliphatic carboxylic acids is 1. The van der Waals surface area contributed by atoms with E-state index in [2.05, 4.69) is 4.74 Å². The van der Waals surface area contributed by atoms with Gasteiger partial charge < -0.3 is 25.2 Å². The molecule has 7 nitrogen and oxygen atoms in total. The summed E-state index contributed by atoms with van der Waals surface area (Å²) in [5, 5.41) is 35.5. The minimum atomic E-state index is -1.62. The fourth-order valence-corrected chi connectivity index (χ4v) is 1.15. The van der Waals surface area contributed by atoms with Gasteiger partial charge >= 0.3 is 11.9 Å².